The SMILES string of the molecule is C=C(Br)CCCCCCCOCCOCC. The lowest BCUT2D eigenvalue weighted by atomic mass is 10.1. The van der Waals surface area contributed by atoms with Crippen LogP contribution in [0.2, 0.25) is 0 Å². The first-order valence-electron chi connectivity index (χ1n) is 6.26. The molecule has 0 aromatic heterocycles. The Hall–Kier alpha value is 0.140. The largest absolute Gasteiger partial charge is 0.379 e. The molecule has 0 aromatic rings. The van der Waals surface area contributed by atoms with Gasteiger partial charge in [0.05, 0.1) is 13.2 Å². The third-order valence-corrected chi connectivity index (χ3v) is 2.71. The Morgan fingerprint density at radius 2 is 1.56 bits per heavy atom. The maximum Gasteiger partial charge on any atom is 0.0700 e. The number of hydrogen-bond donors (Lipinski definition) is 0. The van der Waals surface area contributed by atoms with Crippen molar-refractivity contribution in [1.29, 1.82) is 0 Å². The van der Waals surface area contributed by atoms with Crippen molar-refractivity contribution in [1.82, 2.24) is 0 Å². The zero-order valence-electron chi connectivity index (χ0n) is 10.5. The first-order valence-corrected chi connectivity index (χ1v) is 7.05. The summed E-state index contributed by atoms with van der Waals surface area (Å²) in [5.74, 6) is 0. The standard InChI is InChI=1S/C13H25BrO2/c1-3-15-11-12-16-10-8-6-4-5-7-9-13(2)14/h2-12H2,1H3. The van der Waals surface area contributed by atoms with E-state index in [-0.39, 0.29) is 0 Å². The van der Waals surface area contributed by atoms with Crippen LogP contribution in [0, 0.1) is 0 Å². The molecule has 0 aliphatic rings. The predicted octanol–water partition coefficient (Wildman–Crippen LogP) is 4.29. The van der Waals surface area contributed by atoms with Crippen LogP contribution in [0.5, 0.6) is 0 Å². The molecule has 0 aromatic carbocycles. The van der Waals surface area contributed by atoms with Crippen LogP contribution in [0.15, 0.2) is 11.1 Å². The molecular formula is C13H25BrO2. The highest BCUT2D eigenvalue weighted by molar-refractivity contribution is 9.11. The number of ether oxygens (including phenoxy) is 2. The molecule has 0 saturated heterocycles. The molecule has 0 atom stereocenters. The van der Waals surface area contributed by atoms with Gasteiger partial charge >= 0.3 is 0 Å². The van der Waals surface area contributed by atoms with E-state index < -0.39 is 0 Å². The Morgan fingerprint density at radius 3 is 2.25 bits per heavy atom. The number of hydrogen-bond acceptors (Lipinski definition) is 2. The summed E-state index contributed by atoms with van der Waals surface area (Å²) in [6.45, 7) is 8.94. The van der Waals surface area contributed by atoms with Crippen LogP contribution in [0.1, 0.15) is 45.4 Å². The molecule has 0 radical (unpaired) electrons. The highest BCUT2D eigenvalue weighted by atomic mass is 79.9. The molecule has 96 valence electrons. The summed E-state index contributed by atoms with van der Waals surface area (Å²) >= 11 is 3.37. The first-order chi connectivity index (χ1) is 7.77. The van der Waals surface area contributed by atoms with Gasteiger partial charge in [0.25, 0.3) is 0 Å². The molecule has 0 amide bonds. The highest BCUT2D eigenvalue weighted by Gasteiger charge is 1.93. The monoisotopic (exact) mass is 292 g/mol. The van der Waals surface area contributed by atoms with Crippen LogP contribution >= 0.6 is 15.9 Å². The van der Waals surface area contributed by atoms with Crippen molar-refractivity contribution in [2.45, 2.75) is 45.4 Å². The quantitative estimate of drug-likeness (QED) is 0.500. The van der Waals surface area contributed by atoms with Gasteiger partial charge < -0.3 is 9.47 Å². The lowest BCUT2D eigenvalue weighted by Crippen LogP contribution is -2.04. The van der Waals surface area contributed by atoms with Crippen LogP contribution < -0.4 is 0 Å². The third kappa shape index (κ3) is 14.1. The summed E-state index contributed by atoms with van der Waals surface area (Å²) in [5.41, 5.74) is 0. The van der Waals surface area contributed by atoms with Gasteiger partial charge in [0.2, 0.25) is 0 Å². The van der Waals surface area contributed by atoms with Crippen molar-refractivity contribution >= 4 is 15.9 Å². The fraction of sp³-hybridized carbons (Fsp3) is 0.846. The Bertz CT molecular complexity index is 160. The normalized spacial score (nSPS) is 10.6. The fourth-order valence-electron chi connectivity index (χ4n) is 1.42. The van der Waals surface area contributed by atoms with Crippen LogP contribution in [0.3, 0.4) is 0 Å². The van der Waals surface area contributed by atoms with E-state index in [0.717, 1.165) is 37.3 Å². The zero-order valence-corrected chi connectivity index (χ0v) is 12.1. The van der Waals surface area contributed by atoms with Crippen LogP contribution in [-0.2, 0) is 9.47 Å². The molecule has 0 heterocycles. The van der Waals surface area contributed by atoms with Crippen molar-refractivity contribution in [2.75, 3.05) is 26.4 Å². The fourth-order valence-corrected chi connectivity index (χ4v) is 1.70. The van der Waals surface area contributed by atoms with E-state index in [1.165, 1.54) is 32.1 Å². The van der Waals surface area contributed by atoms with E-state index in [1.807, 2.05) is 6.92 Å². The molecule has 0 fully saturated rings. The van der Waals surface area contributed by atoms with Gasteiger partial charge in [0, 0.05) is 13.2 Å². The van der Waals surface area contributed by atoms with Gasteiger partial charge in [0.15, 0.2) is 0 Å². The molecule has 0 spiro atoms. The molecule has 3 heteroatoms. The smallest absolute Gasteiger partial charge is 0.0700 e. The third-order valence-electron chi connectivity index (χ3n) is 2.31. The van der Waals surface area contributed by atoms with Crippen molar-refractivity contribution in [2.24, 2.45) is 0 Å². The molecule has 0 saturated carbocycles. The lowest BCUT2D eigenvalue weighted by Gasteiger charge is -2.04. The summed E-state index contributed by atoms with van der Waals surface area (Å²) in [5, 5.41) is 0. The summed E-state index contributed by atoms with van der Waals surface area (Å²) in [6.07, 6.45) is 7.38. The number of rotatable bonds is 12. The Balaban J connectivity index is 2.90. The minimum atomic E-state index is 0.726. The van der Waals surface area contributed by atoms with Crippen molar-refractivity contribution in [3.05, 3.63) is 11.1 Å². The van der Waals surface area contributed by atoms with Crippen molar-refractivity contribution in [3.8, 4) is 0 Å². The zero-order chi connectivity index (χ0) is 12.1. The second-order valence-corrected chi connectivity index (χ2v) is 4.97. The molecule has 0 unspecified atom stereocenters. The minimum Gasteiger partial charge on any atom is -0.379 e. The van der Waals surface area contributed by atoms with Gasteiger partial charge in [0.1, 0.15) is 0 Å². The molecule has 2 nitrogen and oxygen atoms in total. The predicted molar refractivity (Wildman–Crippen MR) is 73.1 cm³/mol. The van der Waals surface area contributed by atoms with E-state index in [1.54, 1.807) is 0 Å². The molecule has 0 rings (SSSR count). The highest BCUT2D eigenvalue weighted by Crippen LogP contribution is 2.13. The van der Waals surface area contributed by atoms with Crippen LogP contribution in [-0.4, -0.2) is 26.4 Å². The van der Waals surface area contributed by atoms with Crippen LogP contribution in [0.4, 0.5) is 0 Å². The maximum atomic E-state index is 5.43. The lowest BCUT2D eigenvalue weighted by molar-refractivity contribution is 0.0512. The van der Waals surface area contributed by atoms with Gasteiger partial charge in [-0.1, -0.05) is 41.8 Å². The topological polar surface area (TPSA) is 18.5 Å². The van der Waals surface area contributed by atoms with Crippen molar-refractivity contribution in [3.63, 3.8) is 0 Å². The molecule has 0 aliphatic heterocycles. The summed E-state index contributed by atoms with van der Waals surface area (Å²) in [6, 6.07) is 0. The average molecular weight is 293 g/mol. The van der Waals surface area contributed by atoms with Crippen LogP contribution in [0.25, 0.3) is 0 Å². The average Bonchev–Trinajstić information content (AvgIpc) is 2.25. The minimum absolute atomic E-state index is 0.726. The van der Waals surface area contributed by atoms with Gasteiger partial charge in [-0.05, 0) is 30.7 Å². The number of unbranched alkanes of at least 4 members (excludes halogenated alkanes) is 4. The second kappa shape index (κ2) is 13.2. The Kier molecular flexibility index (Phi) is 13.3. The number of halogens is 1. The molecule has 16 heavy (non-hydrogen) atoms. The van der Waals surface area contributed by atoms with E-state index in [0.29, 0.717) is 0 Å². The van der Waals surface area contributed by atoms with Gasteiger partial charge in [-0.2, -0.15) is 0 Å². The molecule has 0 aliphatic carbocycles. The second-order valence-electron chi connectivity index (χ2n) is 3.84. The van der Waals surface area contributed by atoms with E-state index >= 15 is 0 Å². The Morgan fingerprint density at radius 1 is 0.938 bits per heavy atom. The van der Waals surface area contributed by atoms with E-state index in [9.17, 15) is 0 Å². The van der Waals surface area contributed by atoms with E-state index in [4.69, 9.17) is 9.47 Å². The van der Waals surface area contributed by atoms with Gasteiger partial charge in [-0.3, -0.25) is 0 Å². The van der Waals surface area contributed by atoms with E-state index in [2.05, 4.69) is 22.5 Å². The summed E-state index contributed by atoms with van der Waals surface area (Å²) in [4.78, 5) is 0. The maximum absolute atomic E-state index is 5.43. The molecular weight excluding hydrogens is 268 g/mol. The molecule has 0 N–H and O–H groups in total. The summed E-state index contributed by atoms with van der Waals surface area (Å²) in [7, 11) is 0. The summed E-state index contributed by atoms with van der Waals surface area (Å²) < 4.78 is 11.7. The Labute approximate surface area is 109 Å². The van der Waals surface area contributed by atoms with Gasteiger partial charge in [-0.25, -0.2) is 0 Å². The number of allylic oxidation sites excluding steroid dienone is 1. The first kappa shape index (κ1) is 16.1. The van der Waals surface area contributed by atoms with Crippen molar-refractivity contribution < 1.29 is 9.47 Å². The van der Waals surface area contributed by atoms with Gasteiger partial charge in [-0.15, -0.1) is 0 Å². The molecule has 0 bridgehead atoms.